The SMILES string of the molecule is CC/C=C/C/C=C/C/C=C/C/C=C/C/C=C/CCCC(=O)OC[C@@H](COC(=O)CCCCCCCCCCCCCCCC)OC(=O)CCCCCCC/C=C/C/C=C/CCCCC. The highest BCUT2D eigenvalue weighted by Crippen LogP contribution is 2.15. The highest BCUT2D eigenvalue weighted by Gasteiger charge is 2.19. The predicted molar refractivity (Wildman–Crippen MR) is 274 cm³/mol. The maximum atomic E-state index is 12.8. The predicted octanol–water partition coefficient (Wildman–Crippen LogP) is 17.6. The van der Waals surface area contributed by atoms with E-state index >= 15 is 0 Å². The van der Waals surface area contributed by atoms with Crippen molar-refractivity contribution in [3.8, 4) is 0 Å². The molecule has 0 radical (unpaired) electrons. The Labute approximate surface area is 395 Å². The van der Waals surface area contributed by atoms with Crippen molar-refractivity contribution in [2.75, 3.05) is 13.2 Å². The molecule has 0 aliphatic heterocycles. The van der Waals surface area contributed by atoms with E-state index in [1.165, 1.54) is 96.3 Å². The molecule has 0 aromatic carbocycles. The third-order valence-electron chi connectivity index (χ3n) is 11.1. The Morgan fingerprint density at radius 1 is 0.328 bits per heavy atom. The Morgan fingerprint density at radius 2 is 0.625 bits per heavy atom. The second kappa shape index (κ2) is 52.2. The lowest BCUT2D eigenvalue weighted by atomic mass is 10.0. The molecule has 0 N–H and O–H groups in total. The maximum absolute atomic E-state index is 12.8. The summed E-state index contributed by atoms with van der Waals surface area (Å²) in [5, 5.41) is 0. The number of carbonyl (C=O) groups is 3. The average Bonchev–Trinajstić information content (AvgIpc) is 3.29. The van der Waals surface area contributed by atoms with Crippen molar-refractivity contribution in [3.05, 3.63) is 85.1 Å². The molecule has 0 saturated carbocycles. The molecule has 6 nitrogen and oxygen atoms in total. The third kappa shape index (κ3) is 49.6. The summed E-state index contributed by atoms with van der Waals surface area (Å²) in [5.41, 5.74) is 0. The van der Waals surface area contributed by atoms with Crippen LogP contribution in [-0.4, -0.2) is 37.2 Å². The van der Waals surface area contributed by atoms with Crippen LogP contribution in [0.1, 0.15) is 245 Å². The third-order valence-corrected chi connectivity index (χ3v) is 11.1. The Balaban J connectivity index is 4.49. The molecule has 0 aliphatic rings. The van der Waals surface area contributed by atoms with E-state index < -0.39 is 6.10 Å². The summed E-state index contributed by atoms with van der Waals surface area (Å²) in [7, 11) is 0. The minimum Gasteiger partial charge on any atom is -0.462 e. The van der Waals surface area contributed by atoms with E-state index in [0.717, 1.165) is 103 Å². The summed E-state index contributed by atoms with van der Waals surface area (Å²) in [6.45, 7) is 6.44. The number of rotatable bonds is 47. The summed E-state index contributed by atoms with van der Waals surface area (Å²) in [5.74, 6) is -0.971. The van der Waals surface area contributed by atoms with Crippen LogP contribution in [0, 0.1) is 0 Å². The average molecular weight is 891 g/mol. The highest BCUT2D eigenvalue weighted by molar-refractivity contribution is 5.71. The van der Waals surface area contributed by atoms with Crippen LogP contribution in [-0.2, 0) is 28.6 Å². The molecule has 0 bridgehead atoms. The van der Waals surface area contributed by atoms with Gasteiger partial charge in [-0.15, -0.1) is 0 Å². The zero-order chi connectivity index (χ0) is 46.5. The molecule has 0 aliphatic carbocycles. The van der Waals surface area contributed by atoms with Crippen LogP contribution < -0.4 is 0 Å². The monoisotopic (exact) mass is 891 g/mol. The molecule has 0 heterocycles. The van der Waals surface area contributed by atoms with Gasteiger partial charge in [-0.2, -0.15) is 0 Å². The van der Waals surface area contributed by atoms with Crippen molar-refractivity contribution in [1.29, 1.82) is 0 Å². The first-order chi connectivity index (χ1) is 31.5. The first kappa shape index (κ1) is 60.6. The topological polar surface area (TPSA) is 78.9 Å². The summed E-state index contributed by atoms with van der Waals surface area (Å²) in [6.07, 6.45) is 67.1. The van der Waals surface area contributed by atoms with Crippen molar-refractivity contribution in [2.24, 2.45) is 0 Å². The first-order valence-electron chi connectivity index (χ1n) is 26.6. The Bertz CT molecular complexity index is 1250. The fourth-order valence-electron chi connectivity index (χ4n) is 7.15. The smallest absolute Gasteiger partial charge is 0.306 e. The summed E-state index contributed by atoms with van der Waals surface area (Å²) >= 11 is 0. The molecule has 0 aromatic rings. The first-order valence-corrected chi connectivity index (χ1v) is 26.6. The van der Waals surface area contributed by atoms with Gasteiger partial charge >= 0.3 is 17.9 Å². The van der Waals surface area contributed by atoms with Crippen LogP contribution in [0.25, 0.3) is 0 Å². The molecule has 64 heavy (non-hydrogen) atoms. The van der Waals surface area contributed by atoms with E-state index in [1.807, 2.05) is 0 Å². The van der Waals surface area contributed by atoms with E-state index in [0.29, 0.717) is 19.3 Å². The Hall–Kier alpha value is -3.41. The van der Waals surface area contributed by atoms with Crippen molar-refractivity contribution in [2.45, 2.75) is 252 Å². The second-order valence-electron chi connectivity index (χ2n) is 17.4. The van der Waals surface area contributed by atoms with Crippen molar-refractivity contribution in [1.82, 2.24) is 0 Å². The molecule has 0 saturated heterocycles. The minimum atomic E-state index is -0.805. The molecule has 1 atom stereocenters. The molecule has 0 amide bonds. The van der Waals surface area contributed by atoms with Crippen LogP contribution in [0.4, 0.5) is 0 Å². The lowest BCUT2D eigenvalue weighted by molar-refractivity contribution is -0.167. The van der Waals surface area contributed by atoms with Gasteiger partial charge < -0.3 is 14.2 Å². The second-order valence-corrected chi connectivity index (χ2v) is 17.4. The van der Waals surface area contributed by atoms with Crippen LogP contribution in [0.15, 0.2) is 85.1 Å². The quantitative estimate of drug-likeness (QED) is 0.0262. The lowest BCUT2D eigenvalue weighted by Gasteiger charge is -2.18. The van der Waals surface area contributed by atoms with Gasteiger partial charge in [0.1, 0.15) is 13.2 Å². The van der Waals surface area contributed by atoms with Gasteiger partial charge in [0.25, 0.3) is 0 Å². The largest absolute Gasteiger partial charge is 0.462 e. The maximum Gasteiger partial charge on any atom is 0.306 e. The Morgan fingerprint density at radius 3 is 1.05 bits per heavy atom. The standard InChI is InChI=1S/C58H98O6/c1-4-7-10-13-16-19-22-25-28-29-31-33-36-39-42-45-48-51-57(60)63-54-55(53-62-56(59)50-47-44-41-38-35-32-27-24-21-18-15-12-9-6-3)64-58(61)52-49-46-43-40-37-34-30-26-23-20-17-14-11-8-5-2/h7,10,16-17,19-20,25-26,28,30-31,33,39,42,55H,4-6,8-9,11-15,18,21-24,27,29,32,34-38,40-41,43-54H2,1-3H3/b10-7+,19-16+,20-17+,28-25+,30-26+,33-31+,42-39+/t55-/m1/s1. The van der Waals surface area contributed by atoms with Gasteiger partial charge in [0.05, 0.1) is 0 Å². The zero-order valence-electron chi connectivity index (χ0n) is 41.8. The Kier molecular flexibility index (Phi) is 49.4. The van der Waals surface area contributed by atoms with Gasteiger partial charge in [-0.3, -0.25) is 14.4 Å². The van der Waals surface area contributed by atoms with Crippen molar-refractivity contribution < 1.29 is 28.6 Å². The lowest BCUT2D eigenvalue weighted by Crippen LogP contribution is -2.30. The fraction of sp³-hybridized carbons (Fsp3) is 0.707. The van der Waals surface area contributed by atoms with Gasteiger partial charge in [-0.05, 0) is 89.9 Å². The number of carbonyl (C=O) groups excluding carboxylic acids is 3. The summed E-state index contributed by atoms with van der Waals surface area (Å²) < 4.78 is 16.8. The molecule has 0 rings (SSSR count). The number of hydrogen-bond donors (Lipinski definition) is 0. The number of esters is 3. The summed E-state index contributed by atoms with van der Waals surface area (Å²) in [4.78, 5) is 38.0. The number of allylic oxidation sites excluding steroid dienone is 14. The molecule has 0 spiro atoms. The minimum absolute atomic E-state index is 0.0986. The van der Waals surface area contributed by atoms with E-state index in [2.05, 4.69) is 106 Å². The van der Waals surface area contributed by atoms with Crippen LogP contribution >= 0.6 is 0 Å². The normalized spacial score (nSPS) is 12.7. The zero-order valence-corrected chi connectivity index (χ0v) is 41.8. The molecular formula is C58H98O6. The number of hydrogen-bond acceptors (Lipinski definition) is 6. The molecule has 6 heteroatoms. The van der Waals surface area contributed by atoms with Crippen LogP contribution in [0.3, 0.4) is 0 Å². The van der Waals surface area contributed by atoms with E-state index in [4.69, 9.17) is 14.2 Å². The fourth-order valence-corrected chi connectivity index (χ4v) is 7.15. The van der Waals surface area contributed by atoms with Gasteiger partial charge in [0.15, 0.2) is 6.10 Å². The number of unbranched alkanes of at least 4 members (excludes halogenated alkanes) is 22. The number of ether oxygens (including phenoxy) is 3. The molecule has 0 unspecified atom stereocenters. The van der Waals surface area contributed by atoms with Crippen molar-refractivity contribution in [3.63, 3.8) is 0 Å². The molecule has 366 valence electrons. The molecular weight excluding hydrogens is 793 g/mol. The van der Waals surface area contributed by atoms with E-state index in [-0.39, 0.29) is 37.5 Å². The molecule has 0 aromatic heterocycles. The van der Waals surface area contributed by atoms with Gasteiger partial charge in [-0.25, -0.2) is 0 Å². The van der Waals surface area contributed by atoms with Crippen LogP contribution in [0.5, 0.6) is 0 Å². The van der Waals surface area contributed by atoms with E-state index in [1.54, 1.807) is 0 Å². The van der Waals surface area contributed by atoms with Gasteiger partial charge in [-0.1, -0.05) is 221 Å². The van der Waals surface area contributed by atoms with Crippen molar-refractivity contribution >= 4 is 17.9 Å². The van der Waals surface area contributed by atoms with Gasteiger partial charge in [0, 0.05) is 19.3 Å². The summed E-state index contributed by atoms with van der Waals surface area (Å²) in [6, 6.07) is 0. The highest BCUT2D eigenvalue weighted by atomic mass is 16.6. The van der Waals surface area contributed by atoms with E-state index in [9.17, 15) is 14.4 Å². The molecule has 0 fully saturated rings. The van der Waals surface area contributed by atoms with Crippen LogP contribution in [0.2, 0.25) is 0 Å². The van der Waals surface area contributed by atoms with Gasteiger partial charge in [0.2, 0.25) is 0 Å².